The predicted octanol–water partition coefficient (Wildman–Crippen LogP) is 7.29. The molecule has 1 saturated heterocycles. The Labute approximate surface area is 267 Å². The van der Waals surface area contributed by atoms with Gasteiger partial charge >= 0.3 is 5.97 Å². The fourth-order valence-corrected chi connectivity index (χ4v) is 6.41. The van der Waals surface area contributed by atoms with E-state index in [2.05, 4.69) is 37.6 Å². The number of carboxylic acid groups (broad SMARTS) is 1. The third-order valence-corrected chi connectivity index (χ3v) is 9.00. The fourth-order valence-electron chi connectivity index (χ4n) is 6.41. The lowest BCUT2D eigenvalue weighted by molar-refractivity contribution is -0.137. The molecule has 2 unspecified atom stereocenters. The van der Waals surface area contributed by atoms with Gasteiger partial charge in [0.05, 0.1) is 31.4 Å². The van der Waals surface area contributed by atoms with E-state index in [0.29, 0.717) is 48.0 Å². The zero-order valence-corrected chi connectivity index (χ0v) is 27.2. The molecule has 2 aromatic carbocycles. The van der Waals surface area contributed by atoms with Crippen molar-refractivity contribution in [2.45, 2.75) is 59.3 Å². The van der Waals surface area contributed by atoms with Crippen molar-refractivity contribution in [3.8, 4) is 11.5 Å². The number of carbonyl (C=O) groups is 2. The summed E-state index contributed by atoms with van der Waals surface area (Å²) in [6.07, 6.45) is 4.99. The van der Waals surface area contributed by atoms with Gasteiger partial charge < -0.3 is 19.5 Å². The molecule has 1 saturated carbocycles. The van der Waals surface area contributed by atoms with Gasteiger partial charge in [-0.15, -0.1) is 0 Å². The number of ether oxygens (including phenoxy) is 2. The van der Waals surface area contributed by atoms with Crippen LogP contribution in [0.4, 0.5) is 11.5 Å². The first-order valence-electron chi connectivity index (χ1n) is 16.1. The molecule has 5 rings (SSSR count). The average Bonchev–Trinajstić information content (AvgIpc) is 3.87. The Morgan fingerprint density at radius 3 is 2.49 bits per heavy atom. The molecule has 45 heavy (non-hydrogen) atoms. The molecular formula is C37H47N3O5. The quantitative estimate of drug-likeness (QED) is 0.229. The van der Waals surface area contributed by atoms with E-state index in [4.69, 9.17) is 9.47 Å². The average molecular weight is 614 g/mol. The summed E-state index contributed by atoms with van der Waals surface area (Å²) in [5, 5.41) is 9.43. The highest BCUT2D eigenvalue weighted by molar-refractivity contribution is 6.09. The maximum absolute atomic E-state index is 14.2. The van der Waals surface area contributed by atoms with Crippen molar-refractivity contribution in [1.82, 2.24) is 4.98 Å². The van der Waals surface area contributed by atoms with Gasteiger partial charge in [0.25, 0.3) is 5.91 Å². The van der Waals surface area contributed by atoms with Crippen LogP contribution in [0.1, 0.15) is 75.2 Å². The molecule has 240 valence electrons. The Hall–Kier alpha value is -4.07. The molecule has 8 heteroatoms. The molecule has 3 atom stereocenters. The molecule has 8 nitrogen and oxygen atoms in total. The summed E-state index contributed by atoms with van der Waals surface area (Å²) >= 11 is 0. The van der Waals surface area contributed by atoms with Crippen molar-refractivity contribution in [1.29, 1.82) is 0 Å². The van der Waals surface area contributed by atoms with Crippen LogP contribution in [0.2, 0.25) is 0 Å². The highest BCUT2D eigenvalue weighted by Gasteiger charge is 2.34. The lowest BCUT2D eigenvalue weighted by atomic mass is 9.87. The fraction of sp³-hybridized carbons (Fsp3) is 0.486. The number of benzene rings is 2. The molecule has 1 aromatic heterocycles. The molecule has 0 spiro atoms. The van der Waals surface area contributed by atoms with Gasteiger partial charge in [-0.2, -0.15) is 0 Å². The maximum Gasteiger partial charge on any atom is 0.303 e. The Balaban J connectivity index is 1.30. The molecule has 3 aromatic rings. The van der Waals surface area contributed by atoms with E-state index >= 15 is 0 Å². The van der Waals surface area contributed by atoms with Crippen molar-refractivity contribution in [2.24, 2.45) is 23.2 Å². The van der Waals surface area contributed by atoms with Crippen LogP contribution in [0.5, 0.6) is 11.5 Å². The minimum Gasteiger partial charge on any atom is -0.497 e. The predicted molar refractivity (Wildman–Crippen MR) is 178 cm³/mol. The van der Waals surface area contributed by atoms with Crippen molar-refractivity contribution in [3.05, 3.63) is 78.0 Å². The minimum atomic E-state index is -0.752. The summed E-state index contributed by atoms with van der Waals surface area (Å²) in [4.78, 5) is 34.3. The smallest absolute Gasteiger partial charge is 0.303 e. The molecule has 2 heterocycles. The number of aromatic nitrogens is 1. The highest BCUT2D eigenvalue weighted by atomic mass is 16.5. The zero-order valence-electron chi connectivity index (χ0n) is 27.2. The first kappa shape index (κ1) is 32.3. The number of hydrogen-bond donors (Lipinski definition) is 1. The molecule has 1 aliphatic carbocycles. The maximum atomic E-state index is 14.2. The van der Waals surface area contributed by atoms with Crippen LogP contribution in [0, 0.1) is 23.2 Å². The number of rotatable bonds is 12. The SMILES string of the molecule is COc1ccc(C(=O)N(CC(C)(C)C)c2ccccn2)c(N2CCC(COc3cccc([C@@H](CC(=O)O)C4CC4)c3)C(C)C2)c1. The van der Waals surface area contributed by atoms with E-state index in [0.717, 1.165) is 49.4 Å². The zero-order chi connectivity index (χ0) is 32.1. The summed E-state index contributed by atoms with van der Waals surface area (Å²) < 4.78 is 11.9. The summed E-state index contributed by atoms with van der Waals surface area (Å²) in [6.45, 7) is 11.3. The molecule has 2 aliphatic rings. The lowest BCUT2D eigenvalue weighted by Crippen LogP contribution is -2.43. The van der Waals surface area contributed by atoms with Gasteiger partial charge in [0.15, 0.2) is 0 Å². The summed E-state index contributed by atoms with van der Waals surface area (Å²) in [5.74, 6) is 2.49. The van der Waals surface area contributed by atoms with Gasteiger partial charge in [-0.05, 0) is 90.3 Å². The third-order valence-electron chi connectivity index (χ3n) is 9.00. The molecule has 0 bridgehead atoms. The van der Waals surface area contributed by atoms with Gasteiger partial charge in [-0.1, -0.05) is 45.9 Å². The van der Waals surface area contributed by atoms with Crippen LogP contribution in [-0.4, -0.2) is 55.3 Å². The molecule has 1 aliphatic heterocycles. The Kier molecular flexibility index (Phi) is 10.0. The van der Waals surface area contributed by atoms with E-state index in [-0.39, 0.29) is 23.7 Å². The van der Waals surface area contributed by atoms with Crippen molar-refractivity contribution < 1.29 is 24.2 Å². The number of aliphatic carboxylic acids is 1. The van der Waals surface area contributed by atoms with Crippen LogP contribution in [0.25, 0.3) is 0 Å². The topological polar surface area (TPSA) is 92.2 Å². The standard InChI is InChI=1S/C37H47N3O5/c1-25-22-39(18-16-28(25)23-45-30-10-8-9-27(19-30)32(21-35(41)42)26-12-13-26)33-20-29(44-5)14-15-31(33)36(43)40(24-37(2,3)4)34-11-6-7-17-38-34/h6-11,14-15,17,19-20,25-26,28,32H,12-13,16,18,21-24H2,1-5H3,(H,41,42)/t25?,28?,32-/m0/s1. The van der Waals surface area contributed by atoms with Gasteiger partial charge in [0, 0.05) is 31.9 Å². The second kappa shape index (κ2) is 13.9. The minimum absolute atomic E-state index is 0.0463. The van der Waals surface area contributed by atoms with Gasteiger partial charge in [0.2, 0.25) is 0 Å². The number of piperidine rings is 1. The van der Waals surface area contributed by atoms with Crippen LogP contribution in [0.15, 0.2) is 66.9 Å². The monoisotopic (exact) mass is 613 g/mol. The normalized spacial score (nSPS) is 19.1. The molecule has 0 radical (unpaired) electrons. The third kappa shape index (κ3) is 8.35. The van der Waals surface area contributed by atoms with Crippen LogP contribution < -0.4 is 19.3 Å². The van der Waals surface area contributed by atoms with Gasteiger partial charge in [0.1, 0.15) is 17.3 Å². The summed E-state index contributed by atoms with van der Waals surface area (Å²) in [5.41, 5.74) is 2.44. The van der Waals surface area contributed by atoms with Gasteiger partial charge in [-0.3, -0.25) is 14.5 Å². The molecular weight excluding hydrogens is 566 g/mol. The van der Waals surface area contributed by atoms with E-state index < -0.39 is 5.97 Å². The van der Waals surface area contributed by atoms with Crippen LogP contribution in [0.3, 0.4) is 0 Å². The molecule has 2 fully saturated rings. The number of anilines is 2. The Bertz CT molecular complexity index is 1470. The van der Waals surface area contributed by atoms with Crippen molar-refractivity contribution >= 4 is 23.4 Å². The van der Waals surface area contributed by atoms with Gasteiger partial charge in [-0.25, -0.2) is 4.98 Å². The van der Waals surface area contributed by atoms with Crippen molar-refractivity contribution in [2.75, 3.05) is 43.2 Å². The van der Waals surface area contributed by atoms with Crippen LogP contribution in [-0.2, 0) is 4.79 Å². The second-order valence-corrected chi connectivity index (χ2v) is 13.9. The Morgan fingerprint density at radius 2 is 1.84 bits per heavy atom. The molecule has 1 amide bonds. The largest absolute Gasteiger partial charge is 0.497 e. The first-order valence-corrected chi connectivity index (χ1v) is 16.1. The van der Waals surface area contributed by atoms with E-state index in [1.807, 2.05) is 60.7 Å². The van der Waals surface area contributed by atoms with E-state index in [1.165, 1.54) is 0 Å². The highest BCUT2D eigenvalue weighted by Crippen LogP contribution is 2.45. The first-order chi connectivity index (χ1) is 21.5. The number of pyridine rings is 1. The number of nitrogens with zero attached hydrogens (tertiary/aromatic N) is 3. The molecule has 1 N–H and O–H groups in total. The number of hydrogen-bond acceptors (Lipinski definition) is 6. The number of amides is 1. The lowest BCUT2D eigenvalue weighted by Gasteiger charge is -2.39. The number of carboxylic acids is 1. The van der Waals surface area contributed by atoms with Crippen LogP contribution >= 0.6 is 0 Å². The number of methoxy groups -OCH3 is 1. The summed E-state index contributed by atoms with van der Waals surface area (Å²) in [6, 6.07) is 19.4. The van der Waals surface area contributed by atoms with E-state index in [9.17, 15) is 14.7 Å². The second-order valence-electron chi connectivity index (χ2n) is 13.9. The van der Waals surface area contributed by atoms with E-state index in [1.54, 1.807) is 18.2 Å². The summed E-state index contributed by atoms with van der Waals surface area (Å²) in [7, 11) is 1.65. The number of carbonyl (C=O) groups excluding carboxylic acids is 1. The van der Waals surface area contributed by atoms with Crippen molar-refractivity contribution in [3.63, 3.8) is 0 Å². The Morgan fingerprint density at radius 1 is 1.04 bits per heavy atom.